The van der Waals surface area contributed by atoms with E-state index in [1.807, 2.05) is 6.92 Å². The second kappa shape index (κ2) is 3.82. The van der Waals surface area contributed by atoms with Gasteiger partial charge in [-0.05, 0) is 56.3 Å². The van der Waals surface area contributed by atoms with Gasteiger partial charge in [0.15, 0.2) is 0 Å². The van der Waals surface area contributed by atoms with Crippen molar-refractivity contribution in [1.82, 2.24) is 0 Å². The molecule has 0 spiro atoms. The molecule has 2 fully saturated rings. The predicted octanol–water partition coefficient (Wildman–Crippen LogP) is 1.80. The topological polar surface area (TPSA) is 40.5 Å². The Kier molecular flexibility index (Phi) is 2.85. The molecule has 0 heterocycles. The number of fused-ring (bicyclic) bond motifs is 1. The Morgan fingerprint density at radius 3 is 2.50 bits per heavy atom. The Morgan fingerprint density at radius 1 is 1.14 bits per heavy atom. The largest absolute Gasteiger partial charge is 0.393 e. The number of rotatable bonds is 1. The van der Waals surface area contributed by atoms with Crippen molar-refractivity contribution < 1.29 is 10.2 Å². The third-order valence-electron chi connectivity index (χ3n) is 4.52. The zero-order chi connectivity index (χ0) is 10.3. The molecule has 0 bridgehead atoms. The minimum Gasteiger partial charge on any atom is -0.393 e. The SMILES string of the molecule is CC(O)C1CCC2C(O)CC(C)C2C1. The predicted molar refractivity (Wildman–Crippen MR) is 55.8 cm³/mol. The number of aliphatic hydroxyl groups is 2. The summed E-state index contributed by atoms with van der Waals surface area (Å²) in [5.41, 5.74) is 0. The van der Waals surface area contributed by atoms with E-state index in [-0.39, 0.29) is 12.2 Å². The summed E-state index contributed by atoms with van der Waals surface area (Å²) in [5, 5.41) is 19.4. The number of hydrogen-bond acceptors (Lipinski definition) is 2. The van der Waals surface area contributed by atoms with E-state index >= 15 is 0 Å². The van der Waals surface area contributed by atoms with Gasteiger partial charge in [0, 0.05) is 0 Å². The van der Waals surface area contributed by atoms with Gasteiger partial charge >= 0.3 is 0 Å². The lowest BCUT2D eigenvalue weighted by Gasteiger charge is -2.35. The molecule has 2 N–H and O–H groups in total. The summed E-state index contributed by atoms with van der Waals surface area (Å²) >= 11 is 0. The van der Waals surface area contributed by atoms with Crippen LogP contribution in [0.25, 0.3) is 0 Å². The fourth-order valence-electron chi connectivity index (χ4n) is 3.56. The van der Waals surface area contributed by atoms with Gasteiger partial charge in [-0.25, -0.2) is 0 Å². The van der Waals surface area contributed by atoms with Gasteiger partial charge in [0.2, 0.25) is 0 Å². The zero-order valence-electron chi connectivity index (χ0n) is 9.19. The quantitative estimate of drug-likeness (QED) is 0.674. The summed E-state index contributed by atoms with van der Waals surface area (Å²) in [5.74, 6) is 2.32. The van der Waals surface area contributed by atoms with Crippen molar-refractivity contribution >= 4 is 0 Å². The molecule has 2 aliphatic rings. The molecular formula is C12H22O2. The normalized spacial score (nSPS) is 50.1. The van der Waals surface area contributed by atoms with Gasteiger partial charge < -0.3 is 10.2 Å². The average molecular weight is 198 g/mol. The van der Waals surface area contributed by atoms with Crippen molar-refractivity contribution in [3.8, 4) is 0 Å². The highest BCUT2D eigenvalue weighted by atomic mass is 16.3. The van der Waals surface area contributed by atoms with E-state index in [0.29, 0.717) is 23.7 Å². The van der Waals surface area contributed by atoms with Gasteiger partial charge in [0.1, 0.15) is 0 Å². The van der Waals surface area contributed by atoms with Crippen LogP contribution in [-0.4, -0.2) is 22.4 Å². The summed E-state index contributed by atoms with van der Waals surface area (Å²) in [4.78, 5) is 0. The molecule has 6 atom stereocenters. The first-order valence-electron chi connectivity index (χ1n) is 5.95. The second-order valence-electron chi connectivity index (χ2n) is 5.42. The molecule has 6 unspecified atom stereocenters. The van der Waals surface area contributed by atoms with E-state index in [1.165, 1.54) is 0 Å². The van der Waals surface area contributed by atoms with Gasteiger partial charge in [0.05, 0.1) is 12.2 Å². The third kappa shape index (κ3) is 1.70. The molecule has 0 aliphatic heterocycles. The van der Waals surface area contributed by atoms with Crippen molar-refractivity contribution in [3.63, 3.8) is 0 Å². The molecule has 14 heavy (non-hydrogen) atoms. The molecule has 2 rings (SSSR count). The molecule has 0 saturated heterocycles. The number of hydrogen-bond donors (Lipinski definition) is 2. The van der Waals surface area contributed by atoms with E-state index in [4.69, 9.17) is 0 Å². The average Bonchev–Trinajstić information content (AvgIpc) is 2.42. The van der Waals surface area contributed by atoms with Crippen LogP contribution < -0.4 is 0 Å². The maximum Gasteiger partial charge on any atom is 0.0573 e. The molecule has 0 aromatic rings. The van der Waals surface area contributed by atoms with E-state index in [1.54, 1.807) is 0 Å². The second-order valence-corrected chi connectivity index (χ2v) is 5.42. The smallest absolute Gasteiger partial charge is 0.0573 e. The molecule has 0 radical (unpaired) electrons. The lowest BCUT2D eigenvalue weighted by molar-refractivity contribution is 0.0337. The van der Waals surface area contributed by atoms with Crippen LogP contribution in [0.1, 0.15) is 39.5 Å². The van der Waals surface area contributed by atoms with Crippen molar-refractivity contribution in [2.24, 2.45) is 23.7 Å². The van der Waals surface area contributed by atoms with Crippen LogP contribution >= 0.6 is 0 Å². The Bertz CT molecular complexity index is 202. The standard InChI is InChI=1S/C12H22O2/c1-7-5-12(14)10-4-3-9(8(2)13)6-11(7)10/h7-14H,3-6H2,1-2H3. The Balaban J connectivity index is 2.02. The van der Waals surface area contributed by atoms with Gasteiger partial charge in [0.25, 0.3) is 0 Å². The highest BCUT2D eigenvalue weighted by Gasteiger charge is 2.44. The highest BCUT2D eigenvalue weighted by Crippen LogP contribution is 2.48. The minimum absolute atomic E-state index is 0.0649. The molecule has 2 aliphatic carbocycles. The molecule has 2 heteroatoms. The molecule has 0 aromatic carbocycles. The lowest BCUT2D eigenvalue weighted by Crippen LogP contribution is -2.32. The van der Waals surface area contributed by atoms with Crippen LogP contribution in [0.2, 0.25) is 0 Å². The molecular weight excluding hydrogens is 176 g/mol. The summed E-state index contributed by atoms with van der Waals surface area (Å²) in [6.45, 7) is 4.15. The summed E-state index contributed by atoms with van der Waals surface area (Å²) < 4.78 is 0. The fraction of sp³-hybridized carbons (Fsp3) is 1.00. The van der Waals surface area contributed by atoms with Crippen LogP contribution in [0.4, 0.5) is 0 Å². The summed E-state index contributed by atoms with van der Waals surface area (Å²) in [7, 11) is 0. The van der Waals surface area contributed by atoms with Crippen molar-refractivity contribution in [2.75, 3.05) is 0 Å². The highest BCUT2D eigenvalue weighted by molar-refractivity contribution is 4.94. The fourth-order valence-corrected chi connectivity index (χ4v) is 3.56. The first-order valence-corrected chi connectivity index (χ1v) is 5.95. The van der Waals surface area contributed by atoms with Crippen LogP contribution in [0, 0.1) is 23.7 Å². The van der Waals surface area contributed by atoms with E-state index in [2.05, 4.69) is 6.92 Å². The third-order valence-corrected chi connectivity index (χ3v) is 4.52. The van der Waals surface area contributed by atoms with Crippen LogP contribution in [0.15, 0.2) is 0 Å². The van der Waals surface area contributed by atoms with Gasteiger partial charge in [-0.1, -0.05) is 6.92 Å². The summed E-state index contributed by atoms with van der Waals surface area (Å²) in [6.07, 6.45) is 4.09. The van der Waals surface area contributed by atoms with Gasteiger partial charge in [-0.2, -0.15) is 0 Å². The molecule has 0 amide bonds. The Labute approximate surface area is 86.3 Å². The molecule has 0 aromatic heterocycles. The van der Waals surface area contributed by atoms with Crippen LogP contribution in [0.5, 0.6) is 0 Å². The molecule has 2 nitrogen and oxygen atoms in total. The van der Waals surface area contributed by atoms with Gasteiger partial charge in [-0.3, -0.25) is 0 Å². The van der Waals surface area contributed by atoms with E-state index in [9.17, 15) is 10.2 Å². The first kappa shape index (κ1) is 10.4. The zero-order valence-corrected chi connectivity index (χ0v) is 9.19. The minimum atomic E-state index is -0.166. The monoisotopic (exact) mass is 198 g/mol. The van der Waals surface area contributed by atoms with Crippen molar-refractivity contribution in [1.29, 1.82) is 0 Å². The maximum atomic E-state index is 9.86. The van der Waals surface area contributed by atoms with Crippen molar-refractivity contribution in [2.45, 2.75) is 51.7 Å². The van der Waals surface area contributed by atoms with Crippen molar-refractivity contribution in [3.05, 3.63) is 0 Å². The van der Waals surface area contributed by atoms with E-state index < -0.39 is 0 Å². The van der Waals surface area contributed by atoms with Crippen LogP contribution in [0.3, 0.4) is 0 Å². The van der Waals surface area contributed by atoms with E-state index in [0.717, 1.165) is 25.7 Å². The Hall–Kier alpha value is -0.0800. The maximum absolute atomic E-state index is 9.86. The summed E-state index contributed by atoms with van der Waals surface area (Å²) in [6, 6.07) is 0. The molecule has 82 valence electrons. The first-order chi connectivity index (χ1) is 6.59. The molecule has 2 saturated carbocycles. The van der Waals surface area contributed by atoms with Crippen LogP contribution in [-0.2, 0) is 0 Å². The van der Waals surface area contributed by atoms with Gasteiger partial charge in [-0.15, -0.1) is 0 Å². The Morgan fingerprint density at radius 2 is 1.86 bits per heavy atom. The lowest BCUT2D eigenvalue weighted by atomic mass is 9.71. The number of aliphatic hydroxyl groups excluding tert-OH is 2.